The molecule has 3 aromatic carbocycles. The molecule has 0 fully saturated rings. The van der Waals surface area contributed by atoms with E-state index in [-0.39, 0.29) is 18.2 Å². The number of fused-ring (bicyclic) bond motifs is 1. The van der Waals surface area contributed by atoms with E-state index in [1.807, 2.05) is 72.8 Å². The lowest BCUT2D eigenvalue weighted by Crippen LogP contribution is -2.25. The quantitative estimate of drug-likeness (QED) is 0.416. The summed E-state index contributed by atoms with van der Waals surface area (Å²) in [5.41, 5.74) is 4.34. The van der Waals surface area contributed by atoms with Crippen molar-refractivity contribution in [3.63, 3.8) is 0 Å². The van der Waals surface area contributed by atoms with E-state index in [0.29, 0.717) is 22.3 Å². The number of hydrogen-bond donors (Lipinski definition) is 1. The number of rotatable bonds is 5. The largest absolute Gasteiger partial charge is 0.497 e. The van der Waals surface area contributed by atoms with E-state index in [4.69, 9.17) is 26.2 Å². The van der Waals surface area contributed by atoms with Gasteiger partial charge in [-0.3, -0.25) is 4.79 Å². The van der Waals surface area contributed by atoms with Gasteiger partial charge in [-0.15, -0.1) is 0 Å². The zero-order valence-corrected chi connectivity index (χ0v) is 19.0. The molecular weight excluding hydrogens is 438 g/mol. The molecular formula is C26H22ClN3O3. The third kappa shape index (κ3) is 3.83. The lowest BCUT2D eigenvalue weighted by atomic mass is 9.83. The molecule has 33 heavy (non-hydrogen) atoms. The molecule has 1 N–H and O–H groups in total. The van der Waals surface area contributed by atoms with Crippen LogP contribution in [0.25, 0.3) is 16.9 Å². The van der Waals surface area contributed by atoms with Gasteiger partial charge in [0.05, 0.1) is 25.6 Å². The maximum Gasteiger partial charge on any atom is 0.226 e. The van der Waals surface area contributed by atoms with Crippen LogP contribution in [0.2, 0.25) is 5.02 Å². The van der Waals surface area contributed by atoms with Crippen molar-refractivity contribution < 1.29 is 14.3 Å². The van der Waals surface area contributed by atoms with Crippen molar-refractivity contribution in [3.05, 3.63) is 88.9 Å². The second-order valence-electron chi connectivity index (χ2n) is 7.78. The van der Waals surface area contributed by atoms with Gasteiger partial charge in [0.25, 0.3) is 0 Å². The zero-order valence-electron chi connectivity index (χ0n) is 18.2. The van der Waals surface area contributed by atoms with Gasteiger partial charge in [0.15, 0.2) is 0 Å². The number of hydrogen-bond acceptors (Lipinski definition) is 4. The van der Waals surface area contributed by atoms with Gasteiger partial charge in [-0.25, -0.2) is 4.68 Å². The highest BCUT2D eigenvalue weighted by atomic mass is 35.5. The number of nitrogens with zero attached hydrogens (tertiary/aromatic N) is 2. The Morgan fingerprint density at radius 1 is 1.00 bits per heavy atom. The molecule has 166 valence electrons. The normalized spacial score (nSPS) is 15.0. The molecule has 2 heterocycles. The van der Waals surface area contributed by atoms with Gasteiger partial charge in [0.2, 0.25) is 5.91 Å². The summed E-state index contributed by atoms with van der Waals surface area (Å²) in [5.74, 6) is 1.68. The number of carbonyl (C=O) groups is 1. The fourth-order valence-corrected chi connectivity index (χ4v) is 4.43. The summed E-state index contributed by atoms with van der Waals surface area (Å²) in [5, 5.41) is 8.66. The molecule has 0 saturated carbocycles. The van der Waals surface area contributed by atoms with Gasteiger partial charge < -0.3 is 14.8 Å². The van der Waals surface area contributed by atoms with Crippen LogP contribution in [0, 0.1) is 0 Å². The van der Waals surface area contributed by atoms with Crippen LogP contribution >= 0.6 is 11.6 Å². The van der Waals surface area contributed by atoms with Crippen molar-refractivity contribution in [2.45, 2.75) is 12.3 Å². The molecule has 0 aliphatic carbocycles. The van der Waals surface area contributed by atoms with Crippen LogP contribution < -0.4 is 14.8 Å². The van der Waals surface area contributed by atoms with Gasteiger partial charge in [-0.05, 0) is 42.5 Å². The summed E-state index contributed by atoms with van der Waals surface area (Å²) in [6.07, 6.45) is 0.262. The number of anilines is 1. The van der Waals surface area contributed by atoms with E-state index in [1.54, 1.807) is 18.9 Å². The molecule has 1 aliphatic heterocycles. The van der Waals surface area contributed by atoms with E-state index >= 15 is 0 Å². The van der Waals surface area contributed by atoms with Crippen LogP contribution in [-0.2, 0) is 4.79 Å². The number of amides is 1. The van der Waals surface area contributed by atoms with Crippen molar-refractivity contribution in [1.29, 1.82) is 0 Å². The molecule has 7 heteroatoms. The smallest absolute Gasteiger partial charge is 0.226 e. The van der Waals surface area contributed by atoms with E-state index in [2.05, 4.69) is 5.32 Å². The summed E-state index contributed by atoms with van der Waals surface area (Å²) in [4.78, 5) is 12.9. The maximum atomic E-state index is 12.9. The first-order valence-corrected chi connectivity index (χ1v) is 10.9. The fraction of sp³-hybridized carbons (Fsp3) is 0.154. The molecule has 1 atom stereocenters. The topological polar surface area (TPSA) is 65.4 Å². The predicted octanol–water partition coefficient (Wildman–Crippen LogP) is 5.68. The van der Waals surface area contributed by atoms with E-state index in [0.717, 1.165) is 28.1 Å². The summed E-state index contributed by atoms with van der Waals surface area (Å²) < 4.78 is 12.9. The molecule has 0 saturated heterocycles. The first-order chi connectivity index (χ1) is 16.1. The number of methoxy groups -OCH3 is 2. The Bertz CT molecular complexity index is 1320. The zero-order chi connectivity index (χ0) is 22.9. The molecule has 1 aliphatic rings. The first kappa shape index (κ1) is 21.1. The van der Waals surface area contributed by atoms with Crippen molar-refractivity contribution >= 4 is 23.3 Å². The highest BCUT2D eigenvalue weighted by molar-refractivity contribution is 6.30. The number of halogens is 1. The van der Waals surface area contributed by atoms with Gasteiger partial charge in [0.1, 0.15) is 17.3 Å². The number of benzene rings is 3. The Kier molecular flexibility index (Phi) is 5.52. The van der Waals surface area contributed by atoms with Crippen LogP contribution in [0.1, 0.15) is 23.5 Å². The van der Waals surface area contributed by atoms with Crippen molar-refractivity contribution in [2.24, 2.45) is 0 Å². The molecule has 1 amide bonds. The van der Waals surface area contributed by atoms with Crippen LogP contribution in [0.5, 0.6) is 11.5 Å². The molecule has 0 spiro atoms. The van der Waals surface area contributed by atoms with E-state index in [1.165, 1.54) is 0 Å². The Labute approximate surface area is 196 Å². The predicted molar refractivity (Wildman–Crippen MR) is 129 cm³/mol. The highest BCUT2D eigenvalue weighted by Gasteiger charge is 2.36. The van der Waals surface area contributed by atoms with Crippen LogP contribution in [0.3, 0.4) is 0 Å². The maximum absolute atomic E-state index is 12.9. The minimum Gasteiger partial charge on any atom is -0.497 e. The number of carbonyl (C=O) groups excluding carboxylic acids is 1. The summed E-state index contributed by atoms with van der Waals surface area (Å²) >= 11 is 6.15. The molecule has 0 radical (unpaired) electrons. The highest BCUT2D eigenvalue weighted by Crippen LogP contribution is 2.47. The Balaban J connectivity index is 1.79. The Morgan fingerprint density at radius 2 is 1.76 bits per heavy atom. The van der Waals surface area contributed by atoms with Gasteiger partial charge in [-0.1, -0.05) is 41.9 Å². The second kappa shape index (κ2) is 8.64. The Hall–Kier alpha value is -3.77. The summed E-state index contributed by atoms with van der Waals surface area (Å²) in [6, 6.07) is 23.0. The second-order valence-corrected chi connectivity index (χ2v) is 8.21. The van der Waals surface area contributed by atoms with Gasteiger partial charge in [-0.2, -0.15) is 5.10 Å². The Morgan fingerprint density at radius 3 is 2.45 bits per heavy atom. The van der Waals surface area contributed by atoms with E-state index in [9.17, 15) is 4.79 Å². The minimum absolute atomic E-state index is 0.0860. The number of ether oxygens (including phenoxy) is 2. The molecule has 0 bridgehead atoms. The lowest BCUT2D eigenvalue weighted by molar-refractivity contribution is -0.116. The SMILES string of the molecule is COc1ccc(OC)c([C@@H]2CC(=O)Nc3c2c(-c2ccc(Cl)cc2)nn3-c2ccccc2)c1. The standard InChI is InChI=1S/C26H22ClN3O3/c1-32-19-12-13-22(33-2)20(14-19)21-15-23(31)28-26-24(21)25(16-8-10-17(27)11-9-16)29-30(26)18-6-4-3-5-7-18/h3-14,21H,15H2,1-2H3,(H,28,31)/t21-/m0/s1. The molecule has 5 rings (SSSR count). The summed E-state index contributed by atoms with van der Waals surface area (Å²) in [6.45, 7) is 0. The number of nitrogens with one attached hydrogen (secondary N) is 1. The molecule has 1 aromatic heterocycles. The van der Waals surface area contributed by atoms with Crippen molar-refractivity contribution in [2.75, 3.05) is 19.5 Å². The van der Waals surface area contributed by atoms with Gasteiger partial charge >= 0.3 is 0 Å². The molecule has 6 nitrogen and oxygen atoms in total. The third-order valence-electron chi connectivity index (χ3n) is 5.85. The van der Waals surface area contributed by atoms with Crippen molar-refractivity contribution in [3.8, 4) is 28.4 Å². The molecule has 0 unspecified atom stereocenters. The van der Waals surface area contributed by atoms with Crippen molar-refractivity contribution in [1.82, 2.24) is 9.78 Å². The lowest BCUT2D eigenvalue weighted by Gasteiger charge is -2.26. The first-order valence-electron chi connectivity index (χ1n) is 10.5. The minimum atomic E-state index is -0.276. The van der Waals surface area contributed by atoms with Crippen LogP contribution in [0.15, 0.2) is 72.8 Å². The number of aromatic nitrogens is 2. The van der Waals surface area contributed by atoms with Gasteiger partial charge in [0, 0.05) is 34.1 Å². The van der Waals surface area contributed by atoms with Crippen LogP contribution in [0.4, 0.5) is 5.82 Å². The summed E-state index contributed by atoms with van der Waals surface area (Å²) in [7, 11) is 3.25. The van der Waals surface area contributed by atoms with Crippen LogP contribution in [-0.4, -0.2) is 29.9 Å². The fourth-order valence-electron chi connectivity index (χ4n) is 4.31. The molecule has 4 aromatic rings. The monoisotopic (exact) mass is 459 g/mol. The van der Waals surface area contributed by atoms with E-state index < -0.39 is 0 Å². The average Bonchev–Trinajstić information content (AvgIpc) is 3.23. The number of para-hydroxylation sites is 1. The third-order valence-corrected chi connectivity index (χ3v) is 6.10. The average molecular weight is 460 g/mol.